The second-order valence-electron chi connectivity index (χ2n) is 10.1. The molecule has 0 aromatic carbocycles. The van der Waals surface area contributed by atoms with Crippen LogP contribution in [0.1, 0.15) is 86.5 Å². The molecule has 1 atom stereocenters. The molecule has 26 heavy (non-hydrogen) atoms. The van der Waals surface area contributed by atoms with Crippen molar-refractivity contribution < 1.29 is 9.47 Å². The summed E-state index contributed by atoms with van der Waals surface area (Å²) in [4.78, 5) is 0. The molecule has 0 saturated heterocycles. The first kappa shape index (κ1) is 21.7. The monoisotopic (exact) mass is 362 g/mol. The normalized spacial score (nSPS) is 27.5. The van der Waals surface area contributed by atoms with Crippen LogP contribution in [0.25, 0.3) is 0 Å². The van der Waals surface area contributed by atoms with Crippen LogP contribution in [0.15, 0.2) is 23.3 Å². The minimum atomic E-state index is 0.0259. The zero-order valence-electron chi connectivity index (χ0n) is 18.2. The Bertz CT molecular complexity index is 483. The van der Waals surface area contributed by atoms with Crippen molar-refractivity contribution in [3.63, 3.8) is 0 Å². The standard InChI is InChI=1S/C24H42O2/c1-19(2)8-7-9-20(3)12-15-25-17-21-16-24(26-18-21)13-10-22(11-14-24)23(4,5)6/h8,16,20,22H,7,9-15,17-18H2,1-6H3. The molecule has 1 heterocycles. The fourth-order valence-corrected chi connectivity index (χ4v) is 4.32. The van der Waals surface area contributed by atoms with E-state index in [0.29, 0.717) is 5.41 Å². The fraction of sp³-hybridized carbons (Fsp3) is 0.833. The third-order valence-corrected chi connectivity index (χ3v) is 6.32. The Hall–Kier alpha value is -0.600. The predicted molar refractivity (Wildman–Crippen MR) is 111 cm³/mol. The maximum atomic E-state index is 6.23. The molecule has 1 aliphatic carbocycles. The second-order valence-corrected chi connectivity index (χ2v) is 10.1. The van der Waals surface area contributed by atoms with Gasteiger partial charge in [0.25, 0.3) is 0 Å². The van der Waals surface area contributed by atoms with Crippen LogP contribution in [0.2, 0.25) is 0 Å². The van der Waals surface area contributed by atoms with Crippen LogP contribution in [0.4, 0.5) is 0 Å². The van der Waals surface area contributed by atoms with Crippen molar-refractivity contribution in [1.29, 1.82) is 0 Å². The van der Waals surface area contributed by atoms with Gasteiger partial charge in [0.2, 0.25) is 0 Å². The highest BCUT2D eigenvalue weighted by Gasteiger charge is 2.40. The molecule has 1 saturated carbocycles. The van der Waals surface area contributed by atoms with Gasteiger partial charge in [-0.05, 0) is 87.7 Å². The third-order valence-electron chi connectivity index (χ3n) is 6.32. The zero-order chi connectivity index (χ0) is 19.2. The first-order chi connectivity index (χ1) is 12.2. The van der Waals surface area contributed by atoms with Gasteiger partial charge in [0.05, 0.1) is 18.8 Å². The van der Waals surface area contributed by atoms with Gasteiger partial charge in [-0.15, -0.1) is 0 Å². The van der Waals surface area contributed by atoms with Crippen LogP contribution < -0.4 is 0 Å². The lowest BCUT2D eigenvalue weighted by Crippen LogP contribution is -2.36. The van der Waals surface area contributed by atoms with Gasteiger partial charge in [0.15, 0.2) is 0 Å². The highest BCUT2D eigenvalue weighted by Crippen LogP contribution is 2.45. The molecular weight excluding hydrogens is 320 g/mol. The molecule has 0 radical (unpaired) electrons. The SMILES string of the molecule is CC(C)=CCCC(C)CCOCC1=CC2(CCC(C(C)(C)C)CC2)OC1. The summed E-state index contributed by atoms with van der Waals surface area (Å²) in [7, 11) is 0. The van der Waals surface area contributed by atoms with Crippen molar-refractivity contribution in [2.24, 2.45) is 17.3 Å². The van der Waals surface area contributed by atoms with Crippen molar-refractivity contribution in [3.05, 3.63) is 23.3 Å². The average molecular weight is 363 g/mol. The van der Waals surface area contributed by atoms with Crippen molar-refractivity contribution >= 4 is 0 Å². The lowest BCUT2D eigenvalue weighted by atomic mass is 9.68. The molecular formula is C24H42O2. The van der Waals surface area contributed by atoms with E-state index in [1.165, 1.54) is 49.7 Å². The molecule has 0 aromatic heterocycles. The Balaban J connectivity index is 1.65. The Labute approximate surface area is 162 Å². The predicted octanol–water partition coefficient (Wildman–Crippen LogP) is 6.71. The maximum absolute atomic E-state index is 6.23. The lowest BCUT2D eigenvalue weighted by molar-refractivity contribution is -0.0285. The van der Waals surface area contributed by atoms with Gasteiger partial charge in [-0.25, -0.2) is 0 Å². The highest BCUT2D eigenvalue weighted by atomic mass is 16.5. The van der Waals surface area contributed by atoms with Crippen molar-refractivity contribution in [3.8, 4) is 0 Å². The summed E-state index contributed by atoms with van der Waals surface area (Å²) >= 11 is 0. The molecule has 2 rings (SSSR count). The summed E-state index contributed by atoms with van der Waals surface area (Å²) in [6, 6.07) is 0. The van der Waals surface area contributed by atoms with Gasteiger partial charge in [-0.3, -0.25) is 0 Å². The van der Waals surface area contributed by atoms with E-state index >= 15 is 0 Å². The molecule has 0 amide bonds. The van der Waals surface area contributed by atoms with E-state index < -0.39 is 0 Å². The number of allylic oxidation sites excluding steroid dienone is 2. The minimum absolute atomic E-state index is 0.0259. The fourth-order valence-electron chi connectivity index (χ4n) is 4.32. The number of hydrogen-bond donors (Lipinski definition) is 0. The van der Waals surface area contributed by atoms with Crippen molar-refractivity contribution in [2.45, 2.75) is 92.1 Å². The summed E-state index contributed by atoms with van der Waals surface area (Å²) in [6.45, 7) is 16.2. The van der Waals surface area contributed by atoms with Crippen LogP contribution in [0, 0.1) is 17.3 Å². The van der Waals surface area contributed by atoms with E-state index in [4.69, 9.17) is 9.47 Å². The van der Waals surface area contributed by atoms with E-state index in [9.17, 15) is 0 Å². The molecule has 150 valence electrons. The molecule has 1 spiro atoms. The van der Waals surface area contributed by atoms with Crippen LogP contribution in [0.3, 0.4) is 0 Å². The van der Waals surface area contributed by atoms with Gasteiger partial charge in [-0.2, -0.15) is 0 Å². The summed E-state index contributed by atoms with van der Waals surface area (Å²) in [6.07, 6.45) is 13.3. The molecule has 1 fully saturated rings. The van der Waals surface area contributed by atoms with E-state index in [1.807, 2.05) is 0 Å². The first-order valence-electron chi connectivity index (χ1n) is 10.8. The van der Waals surface area contributed by atoms with Gasteiger partial charge < -0.3 is 9.47 Å². The Morgan fingerprint density at radius 3 is 2.58 bits per heavy atom. The summed E-state index contributed by atoms with van der Waals surface area (Å²) in [5.74, 6) is 1.57. The van der Waals surface area contributed by atoms with Gasteiger partial charge >= 0.3 is 0 Å². The van der Waals surface area contributed by atoms with Crippen LogP contribution in [0.5, 0.6) is 0 Å². The smallest absolute Gasteiger partial charge is 0.0871 e. The molecule has 0 bridgehead atoms. The first-order valence-corrected chi connectivity index (χ1v) is 10.8. The van der Waals surface area contributed by atoms with E-state index in [-0.39, 0.29) is 5.60 Å². The van der Waals surface area contributed by atoms with Crippen LogP contribution >= 0.6 is 0 Å². The lowest BCUT2D eigenvalue weighted by Gasteiger charge is -2.41. The molecule has 0 aromatic rings. The third kappa shape index (κ3) is 6.85. The minimum Gasteiger partial charge on any atom is -0.377 e. The van der Waals surface area contributed by atoms with Gasteiger partial charge in [-0.1, -0.05) is 39.3 Å². The van der Waals surface area contributed by atoms with E-state index in [1.54, 1.807) is 0 Å². The number of rotatable bonds is 8. The van der Waals surface area contributed by atoms with Crippen LogP contribution in [-0.4, -0.2) is 25.4 Å². The number of hydrogen-bond acceptors (Lipinski definition) is 2. The molecule has 1 aliphatic heterocycles. The number of ether oxygens (including phenoxy) is 2. The van der Waals surface area contributed by atoms with Crippen molar-refractivity contribution in [2.75, 3.05) is 19.8 Å². The summed E-state index contributed by atoms with van der Waals surface area (Å²) < 4.78 is 12.2. The molecule has 2 heteroatoms. The Kier molecular flexibility index (Phi) is 7.97. The molecule has 0 N–H and O–H groups in total. The molecule has 1 unspecified atom stereocenters. The quantitative estimate of drug-likeness (QED) is 0.353. The highest BCUT2D eigenvalue weighted by molar-refractivity contribution is 5.19. The van der Waals surface area contributed by atoms with Crippen molar-refractivity contribution in [1.82, 2.24) is 0 Å². The topological polar surface area (TPSA) is 18.5 Å². The van der Waals surface area contributed by atoms with E-state index in [2.05, 4.69) is 53.7 Å². The van der Waals surface area contributed by atoms with Gasteiger partial charge in [0.1, 0.15) is 0 Å². The summed E-state index contributed by atoms with van der Waals surface area (Å²) in [5, 5.41) is 0. The Morgan fingerprint density at radius 1 is 1.27 bits per heavy atom. The average Bonchev–Trinajstić information content (AvgIpc) is 2.93. The van der Waals surface area contributed by atoms with E-state index in [0.717, 1.165) is 38.1 Å². The second kappa shape index (κ2) is 9.55. The van der Waals surface area contributed by atoms with Gasteiger partial charge in [0, 0.05) is 6.61 Å². The molecule has 2 nitrogen and oxygen atoms in total. The maximum Gasteiger partial charge on any atom is 0.0871 e. The zero-order valence-corrected chi connectivity index (χ0v) is 18.2. The Morgan fingerprint density at radius 2 is 1.96 bits per heavy atom. The summed E-state index contributed by atoms with van der Waals surface area (Å²) in [5.41, 5.74) is 3.24. The molecule has 2 aliphatic rings. The largest absolute Gasteiger partial charge is 0.377 e. The van der Waals surface area contributed by atoms with Crippen LogP contribution in [-0.2, 0) is 9.47 Å².